The highest BCUT2D eigenvalue weighted by Gasteiger charge is 1.99. The molecule has 11 heavy (non-hydrogen) atoms. The fourth-order valence-corrected chi connectivity index (χ4v) is 0.828. The summed E-state index contributed by atoms with van der Waals surface area (Å²) in [7, 11) is 4.35. The largest absolute Gasteiger partial charge is 0.356 e. The monoisotopic (exact) mass is 173 g/mol. The van der Waals surface area contributed by atoms with Gasteiger partial charge in [-0.1, -0.05) is 6.08 Å². The van der Waals surface area contributed by atoms with Gasteiger partial charge >= 0.3 is 0 Å². The molecule has 0 aliphatic rings. The maximum absolute atomic E-state index is 3.82. The molecule has 0 aliphatic carbocycles. The van der Waals surface area contributed by atoms with Crippen molar-refractivity contribution < 1.29 is 0 Å². The Morgan fingerprint density at radius 3 is 2.73 bits per heavy atom. The van der Waals surface area contributed by atoms with E-state index in [0.717, 1.165) is 0 Å². The van der Waals surface area contributed by atoms with Crippen LogP contribution in [0.5, 0.6) is 0 Å². The normalized spacial score (nSPS) is 14.2. The Kier molecular flexibility index (Phi) is 5.86. The van der Waals surface area contributed by atoms with E-state index in [2.05, 4.69) is 26.6 Å². The lowest BCUT2D eigenvalue weighted by atomic mass is 10.5. The summed E-state index contributed by atoms with van der Waals surface area (Å²) in [6.45, 7) is 4.03. The summed E-state index contributed by atoms with van der Waals surface area (Å²) in [4.78, 5) is 3.82. The van der Waals surface area contributed by atoms with Crippen molar-refractivity contribution in [2.75, 3.05) is 7.05 Å². The van der Waals surface area contributed by atoms with Gasteiger partial charge < -0.3 is 9.99 Å². The molecule has 1 N–H and O–H groups in total. The average Bonchev–Trinajstić information content (AvgIpc) is 2.00. The lowest BCUT2D eigenvalue weighted by Gasteiger charge is -2.22. The predicted molar refractivity (Wildman–Crippen MR) is 53.4 cm³/mol. The molecule has 0 saturated carbocycles. The van der Waals surface area contributed by atoms with E-state index in [4.69, 9.17) is 0 Å². The highest BCUT2D eigenvalue weighted by Crippen LogP contribution is 2.03. The fraction of sp³-hybridized carbons (Fsp3) is 0.571. The van der Waals surface area contributed by atoms with Crippen molar-refractivity contribution in [2.45, 2.75) is 20.0 Å². The van der Waals surface area contributed by atoms with Crippen molar-refractivity contribution in [1.82, 2.24) is 9.99 Å². The van der Waals surface area contributed by atoms with Crippen LogP contribution in [0.25, 0.3) is 0 Å². The molecule has 0 bridgehead atoms. The van der Waals surface area contributed by atoms with Crippen LogP contribution in [0.4, 0.5) is 0 Å². The summed E-state index contributed by atoms with van der Waals surface area (Å²) in [5, 5.41) is 3.08. The van der Waals surface area contributed by atoms with Gasteiger partial charge in [-0.25, -0.2) is 0 Å². The predicted octanol–water partition coefficient (Wildman–Crippen LogP) is 1.21. The molecule has 2 unspecified atom stereocenters. The van der Waals surface area contributed by atoms with Crippen LogP contribution in [-0.4, -0.2) is 24.2 Å². The minimum atomic E-state index is 0.250. The van der Waals surface area contributed by atoms with Crippen LogP contribution < -0.4 is 5.32 Å². The summed E-state index contributed by atoms with van der Waals surface area (Å²) >= 11 is 0. The second-order valence-corrected chi connectivity index (χ2v) is 2.76. The quantitative estimate of drug-likeness (QED) is 0.299. The molecule has 0 fully saturated rings. The third-order valence-corrected chi connectivity index (χ3v) is 1.83. The van der Waals surface area contributed by atoms with Gasteiger partial charge in [-0.15, -0.1) is 0 Å². The molecule has 3 nitrogen and oxygen atoms in total. The molecule has 0 heterocycles. The molecule has 2 atom stereocenters. The third kappa shape index (κ3) is 4.79. The van der Waals surface area contributed by atoms with Crippen LogP contribution in [0.2, 0.25) is 0 Å². The maximum atomic E-state index is 3.82. The van der Waals surface area contributed by atoms with E-state index in [0.29, 0.717) is 0 Å². The van der Waals surface area contributed by atoms with Crippen LogP contribution in [0.3, 0.4) is 0 Å². The Morgan fingerprint density at radius 1 is 1.64 bits per heavy atom. The first-order valence-corrected chi connectivity index (χ1v) is 4.06. The van der Waals surface area contributed by atoms with Crippen LogP contribution >= 0.6 is 9.39 Å². The van der Waals surface area contributed by atoms with Crippen LogP contribution in [0.1, 0.15) is 13.8 Å². The van der Waals surface area contributed by atoms with E-state index in [1.807, 2.05) is 23.9 Å². The van der Waals surface area contributed by atoms with Gasteiger partial charge in [-0.3, -0.25) is 4.99 Å². The smallest absolute Gasteiger partial charge is 0.0991 e. The summed E-state index contributed by atoms with van der Waals surface area (Å²) in [6.07, 6.45) is 5.89. The molecule has 64 valence electrons. The van der Waals surface area contributed by atoms with Crippen molar-refractivity contribution in [3.05, 3.63) is 12.3 Å². The fourth-order valence-electron chi connectivity index (χ4n) is 0.570. The summed E-state index contributed by atoms with van der Waals surface area (Å²) in [6, 6.07) is 0. The SMILES string of the molecule is C/C=C\N(P)C(C)NC=NC. The molecule has 0 saturated heterocycles. The van der Waals surface area contributed by atoms with Gasteiger partial charge in [-0.2, -0.15) is 0 Å². The highest BCUT2D eigenvalue weighted by atomic mass is 31.0. The van der Waals surface area contributed by atoms with Crippen molar-refractivity contribution in [2.24, 2.45) is 4.99 Å². The number of nitrogens with zero attached hydrogens (tertiary/aromatic N) is 2. The van der Waals surface area contributed by atoms with Crippen molar-refractivity contribution in [3.63, 3.8) is 0 Å². The molecule has 0 spiro atoms. The third-order valence-electron chi connectivity index (χ3n) is 1.21. The lowest BCUT2D eigenvalue weighted by molar-refractivity contribution is 0.449. The van der Waals surface area contributed by atoms with Gasteiger partial charge in [0.15, 0.2) is 0 Å². The Bertz CT molecular complexity index is 145. The van der Waals surface area contributed by atoms with E-state index in [-0.39, 0.29) is 6.17 Å². The summed E-state index contributed by atoms with van der Waals surface area (Å²) in [5.41, 5.74) is 0. The second-order valence-electron chi connectivity index (χ2n) is 2.16. The van der Waals surface area contributed by atoms with Crippen LogP contribution in [-0.2, 0) is 0 Å². The second kappa shape index (κ2) is 6.17. The maximum Gasteiger partial charge on any atom is 0.0991 e. The number of allylic oxidation sites excluding steroid dienone is 1. The summed E-state index contributed by atoms with van der Waals surface area (Å²) in [5.74, 6) is 0. The Hall–Kier alpha value is -0.560. The molecule has 0 aromatic heterocycles. The van der Waals surface area contributed by atoms with Gasteiger partial charge in [0, 0.05) is 7.05 Å². The molecule has 0 aliphatic heterocycles. The minimum Gasteiger partial charge on any atom is -0.356 e. The first-order valence-electron chi connectivity index (χ1n) is 3.55. The van der Waals surface area contributed by atoms with E-state index < -0.39 is 0 Å². The highest BCUT2D eigenvalue weighted by molar-refractivity contribution is 7.13. The van der Waals surface area contributed by atoms with E-state index in [9.17, 15) is 0 Å². The van der Waals surface area contributed by atoms with Gasteiger partial charge in [0.1, 0.15) is 0 Å². The molecular formula is C7H16N3P. The Morgan fingerprint density at radius 2 is 2.27 bits per heavy atom. The molecular weight excluding hydrogens is 157 g/mol. The van der Waals surface area contributed by atoms with Crippen molar-refractivity contribution >= 4 is 15.7 Å². The Balaban J connectivity index is 3.72. The average molecular weight is 173 g/mol. The van der Waals surface area contributed by atoms with E-state index >= 15 is 0 Å². The molecule has 0 radical (unpaired) electrons. The molecule has 4 heteroatoms. The topological polar surface area (TPSA) is 27.6 Å². The summed E-state index contributed by atoms with van der Waals surface area (Å²) < 4.78 is 1.99. The zero-order valence-electron chi connectivity index (χ0n) is 7.28. The van der Waals surface area contributed by atoms with E-state index in [1.54, 1.807) is 13.4 Å². The molecule has 0 amide bonds. The number of nitrogens with one attached hydrogen (secondary N) is 1. The van der Waals surface area contributed by atoms with Crippen LogP contribution in [0, 0.1) is 0 Å². The zero-order valence-corrected chi connectivity index (χ0v) is 8.44. The molecule has 0 aromatic rings. The number of hydrogen-bond acceptors (Lipinski definition) is 2. The standard InChI is InChI=1S/C7H16N3P/c1-4-5-10(11)7(2)9-6-8-3/h4-7H,11H2,1-3H3,(H,8,9)/b5-4-. The van der Waals surface area contributed by atoms with Crippen molar-refractivity contribution in [3.8, 4) is 0 Å². The van der Waals surface area contributed by atoms with Gasteiger partial charge in [-0.05, 0) is 29.4 Å². The van der Waals surface area contributed by atoms with Crippen molar-refractivity contribution in [1.29, 1.82) is 0 Å². The number of hydrogen-bond donors (Lipinski definition) is 1. The van der Waals surface area contributed by atoms with Gasteiger partial charge in [0.2, 0.25) is 0 Å². The minimum absolute atomic E-state index is 0.250. The molecule has 0 rings (SSSR count). The first kappa shape index (κ1) is 10.4. The van der Waals surface area contributed by atoms with Gasteiger partial charge in [0.05, 0.1) is 12.5 Å². The number of rotatable bonds is 4. The first-order chi connectivity index (χ1) is 5.22. The zero-order chi connectivity index (χ0) is 8.69. The number of aliphatic imine (C=N–C) groups is 1. The van der Waals surface area contributed by atoms with E-state index in [1.165, 1.54) is 0 Å². The van der Waals surface area contributed by atoms with Crippen LogP contribution in [0.15, 0.2) is 17.3 Å². The lowest BCUT2D eigenvalue weighted by Crippen LogP contribution is -2.33. The molecule has 0 aromatic carbocycles. The van der Waals surface area contributed by atoms with Gasteiger partial charge in [0.25, 0.3) is 0 Å². The Labute approximate surface area is 70.8 Å².